The van der Waals surface area contributed by atoms with Gasteiger partial charge in [0.25, 0.3) is 0 Å². The number of amides is 1. The molecule has 1 N–H and O–H groups in total. The van der Waals surface area contributed by atoms with Crippen LogP contribution >= 0.6 is 0 Å². The van der Waals surface area contributed by atoms with Crippen LogP contribution in [0.15, 0.2) is 18.3 Å². The third-order valence-corrected chi connectivity index (χ3v) is 8.23. The molecule has 4 rings (SSSR count). The molecule has 3 aliphatic rings. The van der Waals surface area contributed by atoms with Crippen molar-refractivity contribution in [2.75, 3.05) is 31.1 Å². The van der Waals surface area contributed by atoms with Crippen molar-refractivity contribution in [2.24, 2.45) is 16.2 Å². The molecule has 1 saturated heterocycles. The Morgan fingerprint density at radius 1 is 1.19 bits per heavy atom. The molecule has 1 aromatic heterocycles. The van der Waals surface area contributed by atoms with Crippen molar-refractivity contribution in [3.05, 3.63) is 23.9 Å². The zero-order valence-corrected chi connectivity index (χ0v) is 16.5. The average Bonchev–Trinajstić information content (AvgIpc) is 2.92. The van der Waals surface area contributed by atoms with Crippen LogP contribution in [0, 0.1) is 23.2 Å². The number of aryl methyl sites for hydroxylation is 1. The first-order valence-electron chi connectivity index (χ1n) is 9.87. The maximum atomic E-state index is 13.6. The maximum absolute atomic E-state index is 13.6. The minimum absolute atomic E-state index is 0.143. The van der Waals surface area contributed by atoms with Gasteiger partial charge >= 0.3 is 0 Å². The maximum Gasteiger partial charge on any atom is 0.229 e. The predicted octanol–water partition coefficient (Wildman–Crippen LogP) is 2.62. The fraction of sp³-hybridized carbons (Fsp3) is 0.714. The molecule has 0 aromatic carbocycles. The smallest absolute Gasteiger partial charge is 0.229 e. The van der Waals surface area contributed by atoms with Gasteiger partial charge in [-0.05, 0) is 48.6 Å². The zero-order chi connectivity index (χ0) is 18.7. The van der Waals surface area contributed by atoms with Gasteiger partial charge in [-0.2, -0.15) is 0 Å². The number of hydrogen-bond donors (Lipinski definition) is 1. The van der Waals surface area contributed by atoms with Crippen molar-refractivity contribution in [3.63, 3.8) is 0 Å². The summed E-state index contributed by atoms with van der Waals surface area (Å²) in [6, 6.07) is 4.04. The third-order valence-electron chi connectivity index (χ3n) is 8.23. The molecular weight excluding hydrogens is 326 g/mol. The number of carbonyl (C=O) groups is 1. The van der Waals surface area contributed by atoms with Crippen LogP contribution in [0.4, 0.5) is 5.82 Å². The molecule has 142 valence electrons. The number of anilines is 1. The molecule has 1 amide bonds. The van der Waals surface area contributed by atoms with E-state index in [2.05, 4.69) is 43.6 Å². The monoisotopic (exact) mass is 357 g/mol. The van der Waals surface area contributed by atoms with Gasteiger partial charge in [0.1, 0.15) is 5.82 Å². The first kappa shape index (κ1) is 17.8. The largest absolute Gasteiger partial charge is 0.393 e. The molecule has 3 atom stereocenters. The number of aliphatic hydroxyl groups is 1. The SMILES string of the molecule is Cc1cccnc1N1CCN(C(=O)[C@@]23CC[C@@](C)([C@H](O)C2)C3(C)C)CC1. The van der Waals surface area contributed by atoms with Crippen LogP contribution in [0.2, 0.25) is 0 Å². The summed E-state index contributed by atoms with van der Waals surface area (Å²) in [7, 11) is 0. The highest BCUT2D eigenvalue weighted by Gasteiger charge is 2.72. The summed E-state index contributed by atoms with van der Waals surface area (Å²) in [5.74, 6) is 1.29. The quantitative estimate of drug-likeness (QED) is 0.884. The molecule has 26 heavy (non-hydrogen) atoms. The number of hydrogen-bond acceptors (Lipinski definition) is 4. The standard InChI is InChI=1S/C21H31N3O2/c1-15-6-5-9-22-17(15)23-10-12-24(13-11-23)18(26)21-8-7-20(4,16(25)14-21)19(21,2)3/h5-6,9,16,25H,7-8,10-14H2,1-4H3/t16-,20+,21-/m1/s1. The summed E-state index contributed by atoms with van der Waals surface area (Å²) in [6.07, 6.45) is 3.94. The van der Waals surface area contributed by atoms with Gasteiger partial charge in [-0.3, -0.25) is 4.79 Å². The van der Waals surface area contributed by atoms with Crippen molar-refractivity contribution in [1.29, 1.82) is 0 Å². The first-order valence-corrected chi connectivity index (χ1v) is 9.87. The third kappa shape index (κ3) is 2.13. The molecule has 3 fully saturated rings. The molecule has 1 aromatic rings. The highest BCUT2D eigenvalue weighted by Crippen LogP contribution is 2.72. The van der Waals surface area contributed by atoms with E-state index in [0.29, 0.717) is 6.42 Å². The lowest BCUT2D eigenvalue weighted by atomic mass is 9.64. The van der Waals surface area contributed by atoms with E-state index in [1.807, 2.05) is 17.2 Å². The van der Waals surface area contributed by atoms with Gasteiger partial charge in [0.2, 0.25) is 5.91 Å². The Kier molecular flexibility index (Phi) is 3.89. The van der Waals surface area contributed by atoms with Gasteiger partial charge in [-0.25, -0.2) is 4.98 Å². The molecular formula is C21H31N3O2. The van der Waals surface area contributed by atoms with Crippen LogP contribution in [0.1, 0.15) is 45.6 Å². The Morgan fingerprint density at radius 2 is 1.88 bits per heavy atom. The van der Waals surface area contributed by atoms with Crippen molar-refractivity contribution in [2.45, 2.75) is 53.1 Å². The number of nitrogens with zero attached hydrogens (tertiary/aromatic N) is 3. The normalized spacial score (nSPS) is 35.8. The Hall–Kier alpha value is -1.62. The van der Waals surface area contributed by atoms with E-state index in [-0.39, 0.29) is 22.8 Å². The van der Waals surface area contributed by atoms with E-state index >= 15 is 0 Å². The lowest BCUT2D eigenvalue weighted by Crippen LogP contribution is -2.55. The summed E-state index contributed by atoms with van der Waals surface area (Å²) in [6.45, 7) is 11.8. The molecule has 1 aliphatic heterocycles. The van der Waals surface area contributed by atoms with Crippen LogP contribution in [-0.2, 0) is 4.79 Å². The van der Waals surface area contributed by atoms with Crippen LogP contribution in [0.3, 0.4) is 0 Å². The van der Waals surface area contributed by atoms with Crippen molar-refractivity contribution >= 4 is 11.7 Å². The number of pyridine rings is 1. The van der Waals surface area contributed by atoms with Gasteiger partial charge < -0.3 is 14.9 Å². The second kappa shape index (κ2) is 5.69. The summed E-state index contributed by atoms with van der Waals surface area (Å²) in [4.78, 5) is 22.4. The minimum atomic E-state index is -0.399. The van der Waals surface area contributed by atoms with Gasteiger partial charge in [-0.15, -0.1) is 0 Å². The molecule has 5 nitrogen and oxygen atoms in total. The Balaban J connectivity index is 1.51. The zero-order valence-electron chi connectivity index (χ0n) is 16.5. The van der Waals surface area contributed by atoms with Crippen LogP contribution in [0.25, 0.3) is 0 Å². The number of aliphatic hydroxyl groups excluding tert-OH is 1. The van der Waals surface area contributed by atoms with Crippen LogP contribution < -0.4 is 4.90 Å². The van der Waals surface area contributed by atoms with E-state index in [1.165, 1.54) is 5.56 Å². The van der Waals surface area contributed by atoms with Crippen LogP contribution in [-0.4, -0.2) is 53.2 Å². The van der Waals surface area contributed by atoms with Gasteiger partial charge in [-0.1, -0.05) is 26.8 Å². The van der Waals surface area contributed by atoms with E-state index in [9.17, 15) is 9.90 Å². The van der Waals surface area contributed by atoms with Crippen molar-refractivity contribution < 1.29 is 9.90 Å². The van der Waals surface area contributed by atoms with Gasteiger partial charge in [0.05, 0.1) is 11.5 Å². The second-order valence-electron chi connectivity index (χ2n) is 9.27. The predicted molar refractivity (Wildman–Crippen MR) is 102 cm³/mol. The highest BCUT2D eigenvalue weighted by atomic mass is 16.3. The Labute approximate surface area is 156 Å². The van der Waals surface area contributed by atoms with Gasteiger partial charge in [0.15, 0.2) is 0 Å². The topological polar surface area (TPSA) is 56.7 Å². The molecule has 2 aliphatic carbocycles. The highest BCUT2D eigenvalue weighted by molar-refractivity contribution is 5.85. The molecule has 0 radical (unpaired) electrons. The molecule has 2 saturated carbocycles. The summed E-state index contributed by atoms with van der Waals surface area (Å²) >= 11 is 0. The molecule has 0 unspecified atom stereocenters. The lowest BCUT2D eigenvalue weighted by Gasteiger charge is -2.44. The molecule has 2 heterocycles. The first-order chi connectivity index (χ1) is 12.2. The number of fused-ring (bicyclic) bond motifs is 2. The number of carbonyl (C=O) groups excluding carboxylic acids is 1. The summed E-state index contributed by atoms with van der Waals surface area (Å²) < 4.78 is 0. The fourth-order valence-corrected chi connectivity index (χ4v) is 5.83. The van der Waals surface area contributed by atoms with E-state index in [0.717, 1.165) is 44.8 Å². The van der Waals surface area contributed by atoms with E-state index < -0.39 is 5.41 Å². The molecule has 0 spiro atoms. The number of rotatable bonds is 2. The Morgan fingerprint density at radius 3 is 2.42 bits per heavy atom. The second-order valence-corrected chi connectivity index (χ2v) is 9.27. The average molecular weight is 357 g/mol. The summed E-state index contributed by atoms with van der Waals surface area (Å²) in [5.41, 5.74) is 0.475. The summed E-state index contributed by atoms with van der Waals surface area (Å²) in [5, 5.41) is 10.7. The van der Waals surface area contributed by atoms with E-state index in [1.54, 1.807) is 0 Å². The molecule has 5 heteroatoms. The van der Waals surface area contributed by atoms with Crippen LogP contribution in [0.5, 0.6) is 0 Å². The van der Waals surface area contributed by atoms with E-state index in [4.69, 9.17) is 0 Å². The number of piperazine rings is 1. The van der Waals surface area contributed by atoms with Gasteiger partial charge in [0, 0.05) is 32.4 Å². The minimum Gasteiger partial charge on any atom is -0.393 e. The van der Waals surface area contributed by atoms with Crippen molar-refractivity contribution in [3.8, 4) is 0 Å². The lowest BCUT2D eigenvalue weighted by molar-refractivity contribution is -0.148. The molecule has 2 bridgehead atoms. The van der Waals surface area contributed by atoms with Crippen molar-refractivity contribution in [1.82, 2.24) is 9.88 Å². The fourth-order valence-electron chi connectivity index (χ4n) is 5.83. The Bertz CT molecular complexity index is 726. The number of aromatic nitrogens is 1.